The molecule has 0 bridgehead atoms. The Balaban J connectivity index is 1.79. The first-order chi connectivity index (χ1) is 22.1. The number of carboxylic acid groups (broad SMARTS) is 1. The monoisotopic (exact) mass is 642 g/mol. The largest absolute Gasteiger partial charge is 0.537 e. The van der Waals surface area contributed by atoms with E-state index < -0.39 is 60.7 Å². The molecule has 2 N–H and O–H groups in total. The molecule has 0 radical (unpaired) electrons. The summed E-state index contributed by atoms with van der Waals surface area (Å²) in [7, 11) is -5.18. The van der Waals surface area contributed by atoms with Gasteiger partial charge in [-0.1, -0.05) is 36.4 Å². The first-order valence-electron chi connectivity index (χ1n) is 14.5. The molecule has 11 nitrogen and oxygen atoms in total. The van der Waals surface area contributed by atoms with Crippen molar-refractivity contribution < 1.29 is 36.1 Å². The maximum Gasteiger partial charge on any atom is 0.537 e. The van der Waals surface area contributed by atoms with Gasteiger partial charge < -0.3 is 20.1 Å². The number of rotatable bonds is 7. The smallest absolute Gasteiger partial charge is 0.493 e. The summed E-state index contributed by atoms with van der Waals surface area (Å²) in [6.07, 6.45) is 0.941. The van der Waals surface area contributed by atoms with E-state index in [1.165, 1.54) is 17.3 Å². The topological polar surface area (TPSA) is 150 Å². The highest BCUT2D eigenvalue weighted by Gasteiger charge is 2.75. The van der Waals surface area contributed by atoms with Crippen LogP contribution in [0.1, 0.15) is 24.0 Å². The van der Waals surface area contributed by atoms with Crippen LogP contribution in [0, 0.1) is 17.1 Å². The number of amides is 2. The number of piperazine rings is 1. The number of halogens is 1. The van der Waals surface area contributed by atoms with Gasteiger partial charge in [-0.3, -0.25) is 4.98 Å². The van der Waals surface area contributed by atoms with Crippen LogP contribution in [-0.4, -0.2) is 60.1 Å². The van der Waals surface area contributed by atoms with Gasteiger partial charge in [0.05, 0.1) is 12.7 Å². The van der Waals surface area contributed by atoms with Crippen molar-refractivity contribution in [3.8, 4) is 11.8 Å². The van der Waals surface area contributed by atoms with Gasteiger partial charge in [0, 0.05) is 41.8 Å². The summed E-state index contributed by atoms with van der Waals surface area (Å²) in [5.74, 6) is -2.70. The molecule has 0 aliphatic carbocycles. The van der Waals surface area contributed by atoms with E-state index in [9.17, 15) is 28.0 Å². The van der Waals surface area contributed by atoms with Gasteiger partial charge in [-0.05, 0) is 64.9 Å². The predicted molar refractivity (Wildman–Crippen MR) is 165 cm³/mol. The summed E-state index contributed by atoms with van der Waals surface area (Å²) in [6, 6.07) is 21.1. The Bertz CT molecular complexity index is 1970. The van der Waals surface area contributed by atoms with Crippen LogP contribution in [0.25, 0.3) is 0 Å². The molecule has 0 spiro atoms. The van der Waals surface area contributed by atoms with Gasteiger partial charge in [0.2, 0.25) is 0 Å². The highest BCUT2D eigenvalue weighted by molar-refractivity contribution is 7.86. The average molecular weight is 643 g/mol. The van der Waals surface area contributed by atoms with Crippen molar-refractivity contribution in [3.05, 3.63) is 114 Å². The first kappa shape index (κ1) is 30.7. The number of fused-ring (bicyclic) bond motifs is 1. The minimum atomic E-state index is -5.18. The van der Waals surface area contributed by atoms with E-state index >= 15 is 4.79 Å². The number of ether oxygens (including phenoxy) is 1. The number of nitrogens with one attached hydrogen (secondary N) is 1. The number of hydrogen-bond donors (Lipinski definition) is 2. The van der Waals surface area contributed by atoms with Crippen molar-refractivity contribution >= 4 is 33.4 Å². The number of aromatic nitrogens is 1. The Morgan fingerprint density at radius 2 is 1.78 bits per heavy atom. The van der Waals surface area contributed by atoms with Gasteiger partial charge in [0.15, 0.2) is 11.6 Å². The Labute approximate surface area is 264 Å². The zero-order valence-corrected chi connectivity index (χ0v) is 25.4. The van der Waals surface area contributed by atoms with Crippen LogP contribution in [-0.2, 0) is 20.4 Å². The second-order valence-corrected chi connectivity index (χ2v) is 12.9. The normalized spacial score (nSPS) is 24.0. The number of nitrogens with zero attached hydrogens (tertiary/aromatic N) is 4. The van der Waals surface area contributed by atoms with E-state index in [4.69, 9.17) is 4.74 Å². The highest BCUT2D eigenvalue weighted by atomic mass is 32.2. The zero-order chi connectivity index (χ0) is 32.7. The van der Waals surface area contributed by atoms with Crippen LogP contribution in [0.3, 0.4) is 0 Å². The molecule has 13 heteroatoms. The third kappa shape index (κ3) is 4.33. The summed E-state index contributed by atoms with van der Waals surface area (Å²) in [5.41, 5.74) is -0.371. The van der Waals surface area contributed by atoms with E-state index in [1.807, 2.05) is 0 Å². The number of imide groups is 1. The lowest BCUT2D eigenvalue weighted by Crippen LogP contribution is -2.79. The van der Waals surface area contributed by atoms with Crippen LogP contribution in [0.4, 0.5) is 20.6 Å². The molecular formula is C33H29FN5O6S+. The molecule has 3 aromatic carbocycles. The molecule has 1 fully saturated rings. The van der Waals surface area contributed by atoms with E-state index in [0.29, 0.717) is 16.9 Å². The van der Waals surface area contributed by atoms with Crippen molar-refractivity contribution in [1.82, 2.24) is 4.98 Å². The number of carbonyl (C=O) groups is 2. The fourth-order valence-electron chi connectivity index (χ4n) is 6.75. The van der Waals surface area contributed by atoms with Crippen molar-refractivity contribution in [2.24, 2.45) is 0 Å². The van der Waals surface area contributed by atoms with Crippen molar-refractivity contribution in [2.45, 2.75) is 29.3 Å². The minimum Gasteiger partial charge on any atom is -0.493 e. The van der Waals surface area contributed by atoms with Crippen LogP contribution in [0.5, 0.6) is 5.75 Å². The molecular weight excluding hydrogens is 613 g/mol. The quantitative estimate of drug-likeness (QED) is 0.268. The van der Waals surface area contributed by atoms with E-state index in [1.54, 1.807) is 67.6 Å². The molecule has 4 atom stereocenters. The molecule has 4 unspecified atom stereocenters. The standard InChI is InChI=1S/C33H28FN5O6S/c1-2-45-30-10-6-4-8-27(30)33(28-20-37-29-9-5-3-7-26(28)29)31(40)39(32(41)42,46(43,44)25-13-11-22(34)12-14-25)21-24(19-35)38(33)23-15-17-36-18-16-23/h3-18,24,28,37H,2,20-21H2,1H3/p+1. The van der Waals surface area contributed by atoms with Crippen LogP contribution in [0.2, 0.25) is 0 Å². The Hall–Kier alpha value is -5.32. The predicted octanol–water partition coefficient (Wildman–Crippen LogP) is 4.85. The zero-order valence-electron chi connectivity index (χ0n) is 24.6. The number of benzene rings is 3. The second-order valence-electron chi connectivity index (χ2n) is 10.9. The fraction of sp³-hybridized carbons (Fsp3) is 0.212. The molecule has 3 heterocycles. The lowest BCUT2D eigenvalue weighted by Gasteiger charge is -2.54. The molecule has 46 heavy (non-hydrogen) atoms. The Kier molecular flexibility index (Phi) is 7.71. The van der Waals surface area contributed by atoms with Crippen molar-refractivity contribution in [3.63, 3.8) is 0 Å². The number of quaternary nitrogens is 1. The number of sulfonamides is 1. The van der Waals surface area contributed by atoms with Crippen molar-refractivity contribution in [2.75, 3.05) is 29.9 Å². The molecule has 4 aromatic rings. The molecule has 1 saturated heterocycles. The fourth-order valence-corrected chi connectivity index (χ4v) is 8.49. The summed E-state index contributed by atoms with van der Waals surface area (Å²) in [4.78, 5) is 34.4. The first-order valence-corrected chi connectivity index (χ1v) is 15.9. The van der Waals surface area contributed by atoms with Gasteiger partial charge in [-0.25, -0.2) is 9.18 Å². The molecule has 234 valence electrons. The van der Waals surface area contributed by atoms with E-state index in [0.717, 1.165) is 24.3 Å². The summed E-state index contributed by atoms with van der Waals surface area (Å²) in [5, 5.41) is 25.0. The molecule has 2 aliphatic rings. The number of hydrogen-bond acceptors (Lipinski definition) is 9. The van der Waals surface area contributed by atoms with Crippen LogP contribution in [0.15, 0.2) is 102 Å². The van der Waals surface area contributed by atoms with E-state index in [-0.39, 0.29) is 24.5 Å². The maximum atomic E-state index is 15.8. The molecule has 6 rings (SSSR count). The lowest BCUT2D eigenvalue weighted by atomic mass is 9.70. The van der Waals surface area contributed by atoms with Gasteiger partial charge in [0.1, 0.15) is 23.0 Å². The van der Waals surface area contributed by atoms with Gasteiger partial charge in [-0.2, -0.15) is 18.5 Å². The average Bonchev–Trinajstić information content (AvgIpc) is 3.50. The SMILES string of the molecule is CCOc1ccccc1C1(C2CNc3ccccc32)C(=O)[N+](C(=O)O)(S(=O)(=O)c2ccc(F)cc2)CC(C#N)N1c1ccncc1. The number of pyridine rings is 1. The molecule has 0 saturated carbocycles. The third-order valence-electron chi connectivity index (χ3n) is 8.63. The third-order valence-corrected chi connectivity index (χ3v) is 10.8. The van der Waals surface area contributed by atoms with Gasteiger partial charge in [0.25, 0.3) is 0 Å². The summed E-state index contributed by atoms with van der Waals surface area (Å²) < 4.78 is 47.1. The number of anilines is 2. The lowest BCUT2D eigenvalue weighted by molar-refractivity contribution is -0.660. The Morgan fingerprint density at radius 3 is 2.46 bits per heavy atom. The number of carbonyl (C=O) groups excluding carboxylic acids is 1. The van der Waals surface area contributed by atoms with Crippen LogP contribution < -0.4 is 15.0 Å². The van der Waals surface area contributed by atoms with E-state index in [2.05, 4.69) is 16.4 Å². The highest BCUT2D eigenvalue weighted by Crippen LogP contribution is 2.56. The summed E-state index contributed by atoms with van der Waals surface area (Å²) in [6.45, 7) is 1.03. The van der Waals surface area contributed by atoms with Crippen molar-refractivity contribution in [1.29, 1.82) is 5.26 Å². The van der Waals surface area contributed by atoms with Crippen LogP contribution >= 0.6 is 0 Å². The second kappa shape index (κ2) is 11.6. The molecule has 1 aromatic heterocycles. The maximum absolute atomic E-state index is 15.8. The number of para-hydroxylation sites is 2. The number of nitriles is 1. The minimum absolute atomic E-state index is 0.0848. The Morgan fingerprint density at radius 1 is 1.11 bits per heavy atom. The van der Waals surface area contributed by atoms with Gasteiger partial charge in [-0.15, -0.1) is 0 Å². The molecule has 2 amide bonds. The van der Waals surface area contributed by atoms with Gasteiger partial charge >= 0.3 is 22.0 Å². The molecule has 2 aliphatic heterocycles. The summed E-state index contributed by atoms with van der Waals surface area (Å²) >= 11 is 0.